The first kappa shape index (κ1) is 13.8. The van der Waals surface area contributed by atoms with Gasteiger partial charge in [-0.2, -0.15) is 5.26 Å². The largest absolute Gasteiger partial charge is 0.325 e. The van der Waals surface area contributed by atoms with Crippen LogP contribution in [0.4, 0.5) is 17.3 Å². The van der Waals surface area contributed by atoms with E-state index in [0.29, 0.717) is 18.8 Å². The zero-order valence-electron chi connectivity index (χ0n) is 11.2. The summed E-state index contributed by atoms with van der Waals surface area (Å²) in [5, 5.41) is 8.84. The van der Waals surface area contributed by atoms with Gasteiger partial charge in [-0.15, -0.1) is 0 Å². The predicted molar refractivity (Wildman–Crippen MR) is 78.3 cm³/mol. The minimum Gasteiger partial charge on any atom is -0.325 e. The summed E-state index contributed by atoms with van der Waals surface area (Å²) >= 11 is 0. The third kappa shape index (κ3) is 2.84. The van der Waals surface area contributed by atoms with Crippen molar-refractivity contribution in [3.63, 3.8) is 0 Å². The van der Waals surface area contributed by atoms with Gasteiger partial charge in [0.05, 0.1) is 12.5 Å². The van der Waals surface area contributed by atoms with Crippen LogP contribution in [0.2, 0.25) is 0 Å². The molecule has 0 unspecified atom stereocenters. The van der Waals surface area contributed by atoms with Gasteiger partial charge in [-0.25, -0.2) is 15.8 Å². The molecule has 1 aromatic carbocycles. The molecule has 6 nitrogen and oxygen atoms in total. The lowest BCUT2D eigenvalue weighted by Crippen LogP contribution is -2.22. The molecule has 2 aromatic rings. The standard InChI is InChI=1S/C14H16N6/c1-11-13(19-16)17-10-18-14(11)20(9-5-8-15)12-6-3-2-4-7-12/h2-4,6-7,10H,5,9,16H2,1H3,(H,17,18,19). The van der Waals surface area contributed by atoms with E-state index in [0.717, 1.165) is 17.1 Å². The van der Waals surface area contributed by atoms with Crippen LogP contribution < -0.4 is 16.2 Å². The first-order valence-electron chi connectivity index (χ1n) is 6.25. The second-order valence-corrected chi connectivity index (χ2v) is 4.21. The molecule has 0 spiro atoms. The quantitative estimate of drug-likeness (QED) is 0.637. The highest BCUT2D eigenvalue weighted by Crippen LogP contribution is 2.28. The molecule has 0 atom stereocenters. The van der Waals surface area contributed by atoms with E-state index < -0.39 is 0 Å². The van der Waals surface area contributed by atoms with Gasteiger partial charge in [-0.1, -0.05) is 18.2 Å². The number of nitrogen functional groups attached to an aromatic ring is 1. The van der Waals surface area contributed by atoms with Crippen LogP contribution in [0.5, 0.6) is 0 Å². The fourth-order valence-electron chi connectivity index (χ4n) is 1.99. The minimum absolute atomic E-state index is 0.406. The summed E-state index contributed by atoms with van der Waals surface area (Å²) in [7, 11) is 0. The summed E-state index contributed by atoms with van der Waals surface area (Å²) in [6, 6.07) is 12.0. The molecular formula is C14H16N6. The summed E-state index contributed by atoms with van der Waals surface area (Å²) in [5.41, 5.74) is 4.38. The molecule has 0 bridgehead atoms. The van der Waals surface area contributed by atoms with E-state index in [4.69, 9.17) is 11.1 Å². The van der Waals surface area contributed by atoms with Gasteiger partial charge in [0, 0.05) is 17.8 Å². The molecule has 0 aliphatic carbocycles. The number of hydrazine groups is 1. The molecule has 6 heteroatoms. The van der Waals surface area contributed by atoms with Crippen LogP contribution in [-0.4, -0.2) is 16.5 Å². The lowest BCUT2D eigenvalue weighted by molar-refractivity contribution is 0.911. The number of nitrogens with two attached hydrogens (primary N) is 1. The zero-order valence-corrected chi connectivity index (χ0v) is 11.2. The van der Waals surface area contributed by atoms with Crippen molar-refractivity contribution in [2.75, 3.05) is 16.9 Å². The Morgan fingerprint density at radius 3 is 2.70 bits per heavy atom. The highest BCUT2D eigenvalue weighted by molar-refractivity contribution is 5.66. The van der Waals surface area contributed by atoms with Crippen LogP contribution in [0.3, 0.4) is 0 Å². The Morgan fingerprint density at radius 2 is 2.05 bits per heavy atom. The molecule has 0 fully saturated rings. The third-order valence-electron chi connectivity index (χ3n) is 2.96. The summed E-state index contributed by atoms with van der Waals surface area (Å²) in [6.45, 7) is 2.45. The number of para-hydroxylation sites is 1. The van der Waals surface area contributed by atoms with Gasteiger partial charge in [0.15, 0.2) is 0 Å². The second-order valence-electron chi connectivity index (χ2n) is 4.21. The molecule has 0 saturated heterocycles. The first-order chi connectivity index (χ1) is 9.77. The maximum atomic E-state index is 8.84. The number of nitrogens with one attached hydrogen (secondary N) is 1. The Balaban J connectivity index is 2.44. The molecule has 0 radical (unpaired) electrons. The summed E-state index contributed by atoms with van der Waals surface area (Å²) in [4.78, 5) is 10.4. The number of nitrogens with zero attached hydrogens (tertiary/aromatic N) is 4. The van der Waals surface area contributed by atoms with Crippen molar-refractivity contribution >= 4 is 17.3 Å². The molecule has 1 aromatic heterocycles. The van der Waals surface area contributed by atoms with Crippen molar-refractivity contribution in [3.05, 3.63) is 42.2 Å². The molecule has 3 N–H and O–H groups in total. The highest BCUT2D eigenvalue weighted by atomic mass is 15.3. The number of hydrogen-bond acceptors (Lipinski definition) is 6. The van der Waals surface area contributed by atoms with E-state index in [2.05, 4.69) is 21.5 Å². The average Bonchev–Trinajstić information content (AvgIpc) is 2.50. The second kappa shape index (κ2) is 6.50. The smallest absolute Gasteiger partial charge is 0.148 e. The fraction of sp³-hybridized carbons (Fsp3) is 0.214. The highest BCUT2D eigenvalue weighted by Gasteiger charge is 2.15. The van der Waals surface area contributed by atoms with Crippen molar-refractivity contribution < 1.29 is 0 Å². The lowest BCUT2D eigenvalue weighted by atomic mass is 10.2. The summed E-state index contributed by atoms with van der Waals surface area (Å²) in [5.74, 6) is 6.77. The number of hydrogen-bond donors (Lipinski definition) is 2. The monoisotopic (exact) mass is 268 g/mol. The molecule has 102 valence electrons. The SMILES string of the molecule is Cc1c(NN)ncnc1N(CCC#N)c1ccccc1. The van der Waals surface area contributed by atoms with Gasteiger partial charge in [0.1, 0.15) is 18.0 Å². The van der Waals surface area contributed by atoms with Crippen LogP contribution in [0.25, 0.3) is 0 Å². The van der Waals surface area contributed by atoms with Gasteiger partial charge in [-0.05, 0) is 19.1 Å². The molecule has 1 heterocycles. The van der Waals surface area contributed by atoms with Gasteiger partial charge in [0.25, 0.3) is 0 Å². The Labute approximate surface area is 117 Å². The number of benzene rings is 1. The van der Waals surface area contributed by atoms with Crippen LogP contribution >= 0.6 is 0 Å². The summed E-state index contributed by atoms with van der Waals surface area (Å²) in [6.07, 6.45) is 1.86. The normalized spacial score (nSPS) is 9.85. The molecular weight excluding hydrogens is 252 g/mol. The number of nitriles is 1. The zero-order chi connectivity index (χ0) is 14.4. The van der Waals surface area contributed by atoms with E-state index >= 15 is 0 Å². The molecule has 20 heavy (non-hydrogen) atoms. The first-order valence-corrected chi connectivity index (χ1v) is 6.25. The van der Waals surface area contributed by atoms with E-state index in [1.807, 2.05) is 42.2 Å². The maximum absolute atomic E-state index is 8.84. The van der Waals surface area contributed by atoms with Crippen molar-refractivity contribution in [2.45, 2.75) is 13.3 Å². The van der Waals surface area contributed by atoms with Crippen LogP contribution in [0, 0.1) is 18.3 Å². The minimum atomic E-state index is 0.406. The van der Waals surface area contributed by atoms with Gasteiger partial charge in [0.2, 0.25) is 0 Å². The molecule has 2 rings (SSSR count). The van der Waals surface area contributed by atoms with Gasteiger partial charge < -0.3 is 10.3 Å². The fourth-order valence-corrected chi connectivity index (χ4v) is 1.99. The number of rotatable bonds is 5. The van der Waals surface area contributed by atoms with Gasteiger partial charge in [-0.3, -0.25) is 0 Å². The van der Waals surface area contributed by atoms with E-state index in [1.165, 1.54) is 6.33 Å². The van der Waals surface area contributed by atoms with E-state index in [-0.39, 0.29) is 0 Å². The topological polar surface area (TPSA) is 90.9 Å². The molecule has 0 amide bonds. The van der Waals surface area contributed by atoms with Crippen LogP contribution in [0.15, 0.2) is 36.7 Å². The summed E-state index contributed by atoms with van der Waals surface area (Å²) < 4.78 is 0. The Morgan fingerprint density at radius 1 is 1.30 bits per heavy atom. The molecule has 0 aliphatic rings. The predicted octanol–water partition coefficient (Wildman–Crippen LogP) is 2.12. The van der Waals surface area contributed by atoms with Crippen molar-refractivity contribution in [1.82, 2.24) is 9.97 Å². The van der Waals surface area contributed by atoms with Crippen molar-refractivity contribution in [2.24, 2.45) is 5.84 Å². The molecule has 0 aliphatic heterocycles. The van der Waals surface area contributed by atoms with E-state index in [1.54, 1.807) is 0 Å². The van der Waals surface area contributed by atoms with Crippen LogP contribution in [0.1, 0.15) is 12.0 Å². The van der Waals surface area contributed by atoms with Crippen molar-refractivity contribution in [3.8, 4) is 6.07 Å². The number of anilines is 3. The maximum Gasteiger partial charge on any atom is 0.148 e. The lowest BCUT2D eigenvalue weighted by Gasteiger charge is -2.24. The Hall–Kier alpha value is -2.65. The molecule has 0 saturated carbocycles. The third-order valence-corrected chi connectivity index (χ3v) is 2.96. The Bertz CT molecular complexity index is 605. The average molecular weight is 268 g/mol. The van der Waals surface area contributed by atoms with Crippen LogP contribution in [-0.2, 0) is 0 Å². The van der Waals surface area contributed by atoms with Crippen molar-refractivity contribution in [1.29, 1.82) is 5.26 Å². The van der Waals surface area contributed by atoms with E-state index in [9.17, 15) is 0 Å². The van der Waals surface area contributed by atoms with Gasteiger partial charge >= 0.3 is 0 Å². The number of aromatic nitrogens is 2. The Kier molecular flexibility index (Phi) is 4.47.